The lowest BCUT2D eigenvalue weighted by Gasteiger charge is -2.31. The Bertz CT molecular complexity index is 899. The minimum Gasteiger partial charge on any atom is -0.443 e. The van der Waals surface area contributed by atoms with Crippen molar-refractivity contribution in [3.8, 4) is 11.3 Å². The second kappa shape index (κ2) is 6.25. The second-order valence-electron chi connectivity index (χ2n) is 8.60. The highest BCUT2D eigenvalue weighted by Crippen LogP contribution is 2.48. The van der Waals surface area contributed by atoms with Gasteiger partial charge in [-0.3, -0.25) is 9.36 Å². The Morgan fingerprint density at radius 2 is 1.89 bits per heavy atom. The predicted molar refractivity (Wildman–Crippen MR) is 105 cm³/mol. The van der Waals surface area contributed by atoms with Gasteiger partial charge in [-0.05, 0) is 69.0 Å². The first-order valence-electron chi connectivity index (χ1n) is 9.67. The number of hydrogen-bond acceptors (Lipinski definition) is 3. The van der Waals surface area contributed by atoms with Crippen molar-refractivity contribution in [1.29, 1.82) is 0 Å². The molecule has 1 aliphatic heterocycles. The van der Waals surface area contributed by atoms with E-state index in [9.17, 15) is 9.59 Å². The van der Waals surface area contributed by atoms with Crippen LogP contribution < -0.4 is 5.32 Å². The average molecular weight is 366 g/mol. The Balaban J connectivity index is 1.73. The molecule has 142 valence electrons. The highest BCUT2D eigenvalue weighted by Gasteiger charge is 2.47. The molecule has 1 fully saturated rings. The van der Waals surface area contributed by atoms with Gasteiger partial charge in [0.05, 0.1) is 11.1 Å². The number of anilines is 1. The first-order chi connectivity index (χ1) is 12.8. The van der Waals surface area contributed by atoms with Crippen molar-refractivity contribution in [1.82, 2.24) is 4.57 Å². The van der Waals surface area contributed by atoms with Gasteiger partial charge < -0.3 is 10.1 Å². The SMILES string of the molecule is CC(C)(C)OC(=O)n1cccc1-c1ccc2c(c1)C1(CCCCC1)C(=O)N2. The predicted octanol–water partition coefficient (Wildman–Crippen LogP) is 5.09. The zero-order chi connectivity index (χ0) is 19.2. The molecule has 2 aliphatic rings. The molecule has 1 amide bonds. The lowest BCUT2D eigenvalue weighted by molar-refractivity contribution is -0.121. The summed E-state index contributed by atoms with van der Waals surface area (Å²) < 4.78 is 7.05. The van der Waals surface area contributed by atoms with Crippen LogP contribution >= 0.6 is 0 Å². The minimum atomic E-state index is -0.556. The Morgan fingerprint density at radius 3 is 2.59 bits per heavy atom. The highest BCUT2D eigenvalue weighted by molar-refractivity contribution is 6.06. The second-order valence-corrected chi connectivity index (χ2v) is 8.60. The molecule has 1 spiro atoms. The van der Waals surface area contributed by atoms with Crippen LogP contribution in [0.1, 0.15) is 58.4 Å². The monoisotopic (exact) mass is 366 g/mol. The van der Waals surface area contributed by atoms with Gasteiger partial charge in [-0.25, -0.2) is 4.79 Å². The van der Waals surface area contributed by atoms with E-state index in [-0.39, 0.29) is 5.91 Å². The van der Waals surface area contributed by atoms with Crippen molar-refractivity contribution in [3.05, 3.63) is 42.1 Å². The number of rotatable bonds is 1. The molecule has 1 saturated carbocycles. The van der Waals surface area contributed by atoms with Crippen molar-refractivity contribution in [2.45, 2.75) is 63.9 Å². The quantitative estimate of drug-likeness (QED) is 0.764. The van der Waals surface area contributed by atoms with Crippen LogP contribution in [-0.2, 0) is 14.9 Å². The number of carbonyl (C=O) groups excluding carboxylic acids is 2. The Kier molecular flexibility index (Phi) is 4.13. The number of ether oxygens (including phenoxy) is 1. The van der Waals surface area contributed by atoms with E-state index in [0.29, 0.717) is 0 Å². The molecule has 27 heavy (non-hydrogen) atoms. The molecule has 0 unspecified atom stereocenters. The summed E-state index contributed by atoms with van der Waals surface area (Å²) in [6.07, 6.45) is 6.44. The fourth-order valence-electron chi connectivity index (χ4n) is 4.31. The molecule has 0 bridgehead atoms. The van der Waals surface area contributed by atoms with Crippen molar-refractivity contribution < 1.29 is 14.3 Å². The fourth-order valence-corrected chi connectivity index (χ4v) is 4.31. The first-order valence-corrected chi connectivity index (χ1v) is 9.67. The van der Waals surface area contributed by atoms with Crippen LogP contribution in [0.5, 0.6) is 0 Å². The summed E-state index contributed by atoms with van der Waals surface area (Å²) in [4.78, 5) is 25.3. The summed E-state index contributed by atoms with van der Waals surface area (Å²) in [5, 5.41) is 3.06. The maximum atomic E-state index is 12.7. The van der Waals surface area contributed by atoms with E-state index >= 15 is 0 Å². The van der Waals surface area contributed by atoms with Crippen molar-refractivity contribution >= 4 is 17.7 Å². The number of nitrogens with zero attached hydrogens (tertiary/aromatic N) is 1. The summed E-state index contributed by atoms with van der Waals surface area (Å²) in [5.74, 6) is 0.122. The topological polar surface area (TPSA) is 60.3 Å². The third-order valence-electron chi connectivity index (χ3n) is 5.56. The molecule has 1 aromatic carbocycles. The van der Waals surface area contributed by atoms with Crippen molar-refractivity contribution in [2.24, 2.45) is 0 Å². The lowest BCUT2D eigenvalue weighted by atomic mass is 9.70. The van der Waals surface area contributed by atoms with Gasteiger partial charge in [-0.15, -0.1) is 0 Å². The van der Waals surface area contributed by atoms with Gasteiger partial charge in [0.25, 0.3) is 0 Å². The minimum absolute atomic E-state index is 0.122. The van der Waals surface area contributed by atoms with Gasteiger partial charge in [-0.2, -0.15) is 0 Å². The number of amides is 1. The molecular weight excluding hydrogens is 340 g/mol. The number of nitrogens with one attached hydrogen (secondary N) is 1. The van der Waals surface area contributed by atoms with Gasteiger partial charge in [0.2, 0.25) is 5.91 Å². The summed E-state index contributed by atoms with van der Waals surface area (Å²) in [6, 6.07) is 9.74. The van der Waals surface area contributed by atoms with Crippen LogP contribution in [0.2, 0.25) is 0 Å². The van der Waals surface area contributed by atoms with Gasteiger partial charge in [0.1, 0.15) is 5.60 Å². The van der Waals surface area contributed by atoms with Crippen LogP contribution in [0.3, 0.4) is 0 Å². The number of carbonyl (C=O) groups is 2. The van der Waals surface area contributed by atoms with E-state index in [1.807, 2.05) is 45.0 Å². The maximum Gasteiger partial charge on any atom is 0.418 e. The van der Waals surface area contributed by atoms with Crippen LogP contribution in [0.25, 0.3) is 11.3 Å². The van der Waals surface area contributed by atoms with Crippen LogP contribution in [0, 0.1) is 0 Å². The zero-order valence-electron chi connectivity index (χ0n) is 16.2. The van der Waals surface area contributed by atoms with E-state index in [1.54, 1.807) is 6.20 Å². The van der Waals surface area contributed by atoms with E-state index in [4.69, 9.17) is 4.74 Å². The smallest absolute Gasteiger partial charge is 0.418 e. The summed E-state index contributed by atoms with van der Waals surface area (Å²) in [7, 11) is 0. The number of aromatic nitrogens is 1. The Hall–Kier alpha value is -2.56. The third kappa shape index (κ3) is 3.05. The van der Waals surface area contributed by atoms with Gasteiger partial charge in [-0.1, -0.05) is 25.3 Å². The molecule has 0 saturated heterocycles. The normalized spacial score (nSPS) is 18.3. The van der Waals surface area contributed by atoms with Crippen LogP contribution in [-0.4, -0.2) is 22.2 Å². The molecule has 2 aromatic rings. The maximum absolute atomic E-state index is 12.7. The lowest BCUT2D eigenvalue weighted by Crippen LogP contribution is -2.36. The van der Waals surface area contributed by atoms with Gasteiger partial charge >= 0.3 is 6.09 Å². The largest absolute Gasteiger partial charge is 0.443 e. The zero-order valence-corrected chi connectivity index (χ0v) is 16.2. The molecule has 0 radical (unpaired) electrons. The van der Waals surface area contributed by atoms with Crippen molar-refractivity contribution in [2.75, 3.05) is 5.32 Å². The fraction of sp³-hybridized carbons (Fsp3) is 0.455. The first kappa shape index (κ1) is 17.8. The summed E-state index contributed by atoms with van der Waals surface area (Å²) in [6.45, 7) is 5.56. The highest BCUT2D eigenvalue weighted by atomic mass is 16.6. The van der Waals surface area contributed by atoms with Crippen molar-refractivity contribution in [3.63, 3.8) is 0 Å². The number of hydrogen-bond donors (Lipinski definition) is 1. The molecule has 0 atom stereocenters. The van der Waals surface area contributed by atoms with E-state index < -0.39 is 17.1 Å². The molecule has 4 rings (SSSR count). The van der Waals surface area contributed by atoms with Crippen LogP contribution in [0.15, 0.2) is 36.5 Å². The Morgan fingerprint density at radius 1 is 1.15 bits per heavy atom. The summed E-state index contributed by atoms with van der Waals surface area (Å²) >= 11 is 0. The summed E-state index contributed by atoms with van der Waals surface area (Å²) in [5.41, 5.74) is 2.71. The third-order valence-corrected chi connectivity index (χ3v) is 5.56. The molecule has 1 N–H and O–H groups in total. The van der Waals surface area contributed by atoms with E-state index in [2.05, 4.69) is 11.4 Å². The van der Waals surface area contributed by atoms with E-state index in [1.165, 1.54) is 11.0 Å². The molecular formula is C22H26N2O3. The molecule has 5 nitrogen and oxygen atoms in total. The standard InChI is InChI=1S/C22H26N2O3/c1-21(2,3)27-20(26)24-13-7-8-18(24)15-9-10-17-16(14-15)22(19(25)23-17)11-5-4-6-12-22/h7-10,13-14H,4-6,11-12H2,1-3H3,(H,23,25). The average Bonchev–Trinajstić information content (AvgIpc) is 3.19. The number of benzene rings is 1. The molecule has 1 aromatic heterocycles. The number of fused-ring (bicyclic) bond motifs is 2. The van der Waals surface area contributed by atoms with Gasteiger partial charge in [0, 0.05) is 11.9 Å². The molecule has 1 aliphatic carbocycles. The Labute approximate surface area is 159 Å². The van der Waals surface area contributed by atoms with Gasteiger partial charge in [0.15, 0.2) is 0 Å². The molecule has 2 heterocycles. The van der Waals surface area contributed by atoms with Crippen LogP contribution in [0.4, 0.5) is 10.5 Å². The molecule has 5 heteroatoms. The van der Waals surface area contributed by atoms with E-state index in [0.717, 1.165) is 48.2 Å².